The summed E-state index contributed by atoms with van der Waals surface area (Å²) in [6.07, 6.45) is 4.39. The van der Waals surface area contributed by atoms with Gasteiger partial charge in [-0.05, 0) is 13.0 Å². The van der Waals surface area contributed by atoms with Crippen LogP contribution in [0.15, 0.2) is 18.6 Å². The predicted octanol–water partition coefficient (Wildman–Crippen LogP) is 0.259. The Morgan fingerprint density at radius 2 is 2.17 bits per heavy atom. The summed E-state index contributed by atoms with van der Waals surface area (Å²) in [5.41, 5.74) is 0.758. The average molecular weight is 269 g/mol. The first-order valence-corrected chi connectivity index (χ1v) is 7.32. The van der Waals surface area contributed by atoms with Gasteiger partial charge in [-0.15, -0.1) is 4.83 Å². The number of rotatable bonds is 4. The van der Waals surface area contributed by atoms with E-state index in [1.807, 2.05) is 30.8 Å². The topological polar surface area (TPSA) is 80.1 Å². The first kappa shape index (κ1) is 12.8. The predicted molar refractivity (Wildman–Crippen MR) is 69.5 cm³/mol. The lowest BCUT2D eigenvalue weighted by Gasteiger charge is -2.21. The molecular weight excluding hydrogens is 254 g/mol. The second kappa shape index (κ2) is 4.54. The summed E-state index contributed by atoms with van der Waals surface area (Å²) >= 11 is 0. The molecule has 0 amide bonds. The highest BCUT2D eigenvalue weighted by atomic mass is 32.2. The highest BCUT2D eigenvalue weighted by molar-refractivity contribution is 7.88. The van der Waals surface area contributed by atoms with Crippen LogP contribution in [-0.2, 0) is 17.1 Å². The molecule has 0 fully saturated rings. The zero-order valence-electron chi connectivity index (χ0n) is 10.5. The molecule has 0 aliphatic carbocycles. The summed E-state index contributed by atoms with van der Waals surface area (Å²) in [6.45, 7) is 2.31. The van der Waals surface area contributed by atoms with Gasteiger partial charge in [0.2, 0.25) is 10.0 Å². The number of hydrogen-bond donors (Lipinski definition) is 1. The molecule has 0 unspecified atom stereocenters. The second-order valence-corrected chi connectivity index (χ2v) is 5.70. The van der Waals surface area contributed by atoms with Crippen molar-refractivity contribution in [3.63, 3.8) is 0 Å². The van der Waals surface area contributed by atoms with Gasteiger partial charge in [0.25, 0.3) is 0 Å². The van der Waals surface area contributed by atoms with Crippen molar-refractivity contribution in [1.29, 1.82) is 0 Å². The van der Waals surface area contributed by atoms with Gasteiger partial charge in [-0.2, -0.15) is 0 Å². The van der Waals surface area contributed by atoms with E-state index in [0.717, 1.165) is 17.3 Å². The number of hydrogen-bond acceptors (Lipinski definition) is 5. The Kier molecular flexibility index (Phi) is 3.22. The van der Waals surface area contributed by atoms with Gasteiger partial charge < -0.3 is 4.57 Å². The summed E-state index contributed by atoms with van der Waals surface area (Å²) in [7, 11) is -1.46. The molecule has 0 spiro atoms. The minimum absolute atomic E-state index is 0.466. The number of nitrogens with zero attached hydrogens (tertiary/aromatic N) is 4. The number of aryl methyl sites for hydroxylation is 1. The van der Waals surface area contributed by atoms with Crippen LogP contribution in [0.1, 0.15) is 6.92 Å². The summed E-state index contributed by atoms with van der Waals surface area (Å²) < 4.78 is 24.5. The molecule has 0 saturated carbocycles. The Bertz CT molecular complexity index is 664. The molecule has 0 radical (unpaired) electrons. The van der Waals surface area contributed by atoms with E-state index < -0.39 is 10.0 Å². The second-order valence-electron chi connectivity index (χ2n) is 3.97. The third-order valence-corrected chi connectivity index (χ3v) is 3.04. The van der Waals surface area contributed by atoms with Crippen LogP contribution in [0, 0.1) is 0 Å². The summed E-state index contributed by atoms with van der Waals surface area (Å²) in [5, 5.41) is 2.29. The van der Waals surface area contributed by atoms with Crippen molar-refractivity contribution in [2.24, 2.45) is 7.05 Å². The van der Waals surface area contributed by atoms with Gasteiger partial charge in [-0.3, -0.25) is 5.01 Å². The zero-order chi connectivity index (χ0) is 13.3. The molecule has 2 rings (SSSR count). The molecule has 0 aliphatic rings. The normalized spacial score (nSPS) is 11.9. The molecule has 2 aromatic rings. The Morgan fingerprint density at radius 1 is 1.44 bits per heavy atom. The number of anilines is 1. The van der Waals surface area contributed by atoms with Crippen molar-refractivity contribution in [2.45, 2.75) is 6.92 Å². The first-order chi connectivity index (χ1) is 8.42. The molecular formula is C10H15N5O2S. The first-order valence-electron chi connectivity index (χ1n) is 5.43. The molecule has 2 heterocycles. The van der Waals surface area contributed by atoms with Gasteiger partial charge in [0.1, 0.15) is 12.0 Å². The van der Waals surface area contributed by atoms with Gasteiger partial charge in [0.15, 0.2) is 5.82 Å². The number of sulfonamides is 1. The van der Waals surface area contributed by atoms with Crippen LogP contribution in [0.3, 0.4) is 0 Å². The highest BCUT2D eigenvalue weighted by Gasteiger charge is 2.15. The van der Waals surface area contributed by atoms with E-state index in [1.54, 1.807) is 0 Å². The lowest BCUT2D eigenvalue weighted by atomic mass is 10.3. The van der Waals surface area contributed by atoms with Crippen LogP contribution in [0.25, 0.3) is 11.0 Å². The van der Waals surface area contributed by atoms with E-state index >= 15 is 0 Å². The number of nitrogens with one attached hydrogen (secondary N) is 1. The molecule has 0 aliphatic heterocycles. The number of aromatic nitrogens is 3. The fourth-order valence-electron chi connectivity index (χ4n) is 1.74. The monoisotopic (exact) mass is 269 g/mol. The van der Waals surface area contributed by atoms with E-state index in [4.69, 9.17) is 0 Å². The molecule has 0 atom stereocenters. The molecule has 98 valence electrons. The van der Waals surface area contributed by atoms with Crippen LogP contribution >= 0.6 is 0 Å². The van der Waals surface area contributed by atoms with Gasteiger partial charge in [-0.25, -0.2) is 18.4 Å². The Morgan fingerprint density at radius 3 is 2.78 bits per heavy atom. The maximum absolute atomic E-state index is 11.3. The van der Waals surface area contributed by atoms with Crippen molar-refractivity contribution in [2.75, 3.05) is 17.8 Å². The minimum atomic E-state index is -3.34. The smallest absolute Gasteiger partial charge is 0.225 e. The van der Waals surface area contributed by atoms with E-state index in [1.165, 1.54) is 11.3 Å². The Balaban J connectivity index is 2.51. The van der Waals surface area contributed by atoms with E-state index in [0.29, 0.717) is 12.4 Å². The van der Waals surface area contributed by atoms with E-state index in [9.17, 15) is 8.42 Å². The maximum Gasteiger partial charge on any atom is 0.225 e. The van der Waals surface area contributed by atoms with Crippen LogP contribution in [0.5, 0.6) is 0 Å². The molecule has 8 heteroatoms. The number of hydrazine groups is 1. The Hall–Kier alpha value is -1.67. The highest BCUT2D eigenvalue weighted by Crippen LogP contribution is 2.22. The van der Waals surface area contributed by atoms with Gasteiger partial charge in [-0.1, -0.05) is 0 Å². The molecule has 18 heavy (non-hydrogen) atoms. The van der Waals surface area contributed by atoms with Gasteiger partial charge in [0, 0.05) is 19.8 Å². The van der Waals surface area contributed by atoms with E-state index in [-0.39, 0.29) is 0 Å². The molecule has 0 saturated heterocycles. The van der Waals surface area contributed by atoms with Crippen LogP contribution in [-0.4, -0.2) is 35.8 Å². The zero-order valence-corrected chi connectivity index (χ0v) is 11.3. The standard InChI is InChI=1S/C10H15N5O2S/c1-4-15(13-18(3,16)17)10-8-5-6-14(2)9(8)11-7-12-10/h5-7,13H,4H2,1-3H3. The van der Waals surface area contributed by atoms with Crippen molar-refractivity contribution in [1.82, 2.24) is 19.4 Å². The minimum Gasteiger partial charge on any atom is -0.335 e. The largest absolute Gasteiger partial charge is 0.335 e. The third-order valence-electron chi connectivity index (χ3n) is 2.49. The lowest BCUT2D eigenvalue weighted by molar-refractivity contribution is 0.582. The van der Waals surface area contributed by atoms with Crippen LogP contribution < -0.4 is 9.84 Å². The van der Waals surface area contributed by atoms with Crippen LogP contribution in [0.2, 0.25) is 0 Å². The Labute approximate surface area is 105 Å². The lowest BCUT2D eigenvalue weighted by Crippen LogP contribution is -2.42. The van der Waals surface area contributed by atoms with Gasteiger partial charge in [0.05, 0.1) is 11.6 Å². The van der Waals surface area contributed by atoms with Crippen molar-refractivity contribution in [3.05, 3.63) is 18.6 Å². The molecule has 1 N–H and O–H groups in total. The molecule has 0 bridgehead atoms. The summed E-state index contributed by atoms with van der Waals surface area (Å²) in [6, 6.07) is 1.86. The molecule has 2 aromatic heterocycles. The fourth-order valence-corrected chi connectivity index (χ4v) is 2.35. The summed E-state index contributed by atoms with van der Waals surface area (Å²) in [4.78, 5) is 10.7. The number of fused-ring (bicyclic) bond motifs is 1. The summed E-state index contributed by atoms with van der Waals surface area (Å²) in [5.74, 6) is 0.550. The van der Waals surface area contributed by atoms with Crippen molar-refractivity contribution < 1.29 is 8.42 Å². The van der Waals surface area contributed by atoms with Crippen molar-refractivity contribution >= 4 is 26.9 Å². The van der Waals surface area contributed by atoms with Gasteiger partial charge >= 0.3 is 0 Å². The van der Waals surface area contributed by atoms with Crippen LogP contribution in [0.4, 0.5) is 5.82 Å². The van der Waals surface area contributed by atoms with E-state index in [2.05, 4.69) is 14.8 Å². The molecule has 7 nitrogen and oxygen atoms in total. The quantitative estimate of drug-likeness (QED) is 0.805. The van der Waals surface area contributed by atoms with Crippen molar-refractivity contribution in [3.8, 4) is 0 Å². The SMILES string of the molecule is CCN(NS(C)(=O)=O)c1ncnc2c1ccn2C. The molecule has 0 aromatic carbocycles. The maximum atomic E-state index is 11.3. The fraction of sp³-hybridized carbons (Fsp3) is 0.400. The average Bonchev–Trinajstić information content (AvgIpc) is 2.67. The third kappa shape index (κ3) is 2.44.